The minimum atomic E-state index is -0.545. The van der Waals surface area contributed by atoms with Crippen molar-refractivity contribution in [2.75, 3.05) is 33.9 Å². The third-order valence-electron chi connectivity index (χ3n) is 3.98. The molecule has 1 heterocycles. The first kappa shape index (κ1) is 20.1. The Kier molecular flexibility index (Phi) is 7.40. The normalized spacial score (nSPS) is 19.4. The van der Waals surface area contributed by atoms with Crippen LogP contribution in [-0.2, 0) is 4.74 Å². The zero-order chi connectivity index (χ0) is 16.9. The number of rotatable bonds is 7. The smallest absolute Gasteiger partial charge is 0.310 e. The van der Waals surface area contributed by atoms with Gasteiger partial charge in [0, 0.05) is 31.4 Å². The molecule has 1 saturated heterocycles. The molecule has 2 rings (SSSR count). The van der Waals surface area contributed by atoms with Gasteiger partial charge in [-0.25, -0.2) is 0 Å². The van der Waals surface area contributed by atoms with Crippen molar-refractivity contribution in [3.8, 4) is 5.75 Å². The number of carbonyl (C=O) groups is 1. The number of ether oxygens (including phenoxy) is 2. The molecule has 1 unspecified atom stereocenters. The summed E-state index contributed by atoms with van der Waals surface area (Å²) in [7, 11) is 2.96. The van der Waals surface area contributed by atoms with Gasteiger partial charge in [0.2, 0.25) is 0 Å². The quantitative estimate of drug-likeness (QED) is 0.565. The number of nitro groups is 1. The molecule has 0 radical (unpaired) electrons. The summed E-state index contributed by atoms with van der Waals surface area (Å²) in [5.74, 6) is -0.240. The molecule has 2 N–H and O–H groups in total. The van der Waals surface area contributed by atoms with Crippen LogP contribution in [0.3, 0.4) is 0 Å². The predicted molar refractivity (Wildman–Crippen MR) is 91.1 cm³/mol. The van der Waals surface area contributed by atoms with Crippen LogP contribution in [0.15, 0.2) is 18.2 Å². The average molecular weight is 360 g/mol. The first-order valence-electron chi connectivity index (χ1n) is 7.36. The van der Waals surface area contributed by atoms with Crippen LogP contribution in [-0.4, -0.2) is 50.3 Å². The highest BCUT2D eigenvalue weighted by Gasteiger charge is 2.33. The van der Waals surface area contributed by atoms with Gasteiger partial charge in [-0.05, 0) is 25.5 Å². The first-order chi connectivity index (χ1) is 11.0. The van der Waals surface area contributed by atoms with Crippen LogP contribution >= 0.6 is 12.4 Å². The number of hydrogen-bond acceptors (Lipinski definition) is 6. The van der Waals surface area contributed by atoms with E-state index in [1.54, 1.807) is 7.11 Å². The van der Waals surface area contributed by atoms with Crippen molar-refractivity contribution in [1.29, 1.82) is 0 Å². The fourth-order valence-corrected chi connectivity index (χ4v) is 2.79. The van der Waals surface area contributed by atoms with Crippen LogP contribution in [0, 0.1) is 10.1 Å². The zero-order valence-corrected chi connectivity index (χ0v) is 14.5. The number of halogens is 1. The topological polar surface area (TPSA) is 103 Å². The highest BCUT2D eigenvalue weighted by molar-refractivity contribution is 5.95. The second kappa shape index (κ2) is 8.81. The Bertz CT molecular complexity index is 590. The van der Waals surface area contributed by atoms with E-state index < -0.39 is 4.92 Å². The molecule has 1 aliphatic rings. The molecule has 0 spiro atoms. The van der Waals surface area contributed by atoms with Gasteiger partial charge in [-0.15, -0.1) is 12.4 Å². The molecular formula is C15H22ClN3O5. The van der Waals surface area contributed by atoms with Gasteiger partial charge < -0.3 is 20.1 Å². The number of amides is 1. The lowest BCUT2D eigenvalue weighted by atomic mass is 9.98. The van der Waals surface area contributed by atoms with Crippen LogP contribution in [0.2, 0.25) is 0 Å². The van der Waals surface area contributed by atoms with E-state index in [0.29, 0.717) is 18.7 Å². The maximum Gasteiger partial charge on any atom is 0.310 e. The third kappa shape index (κ3) is 4.56. The Morgan fingerprint density at radius 3 is 2.75 bits per heavy atom. The standard InChI is InChI=1S/C15H21N3O5.ClH/c1-22-10-15(6-3-7-17-15)9-16-14(19)11-4-5-12(18(20)21)13(8-11)23-2;/h4-5,8,17H,3,6-7,9-10H2,1-2H3,(H,16,19);1H. The molecule has 134 valence electrons. The lowest BCUT2D eigenvalue weighted by molar-refractivity contribution is -0.385. The maximum atomic E-state index is 12.3. The number of carbonyl (C=O) groups excluding carboxylic acids is 1. The van der Waals surface area contributed by atoms with Crippen molar-refractivity contribution in [3.63, 3.8) is 0 Å². The van der Waals surface area contributed by atoms with Crippen molar-refractivity contribution in [2.45, 2.75) is 18.4 Å². The molecule has 0 aromatic heterocycles. The number of nitrogens with zero attached hydrogens (tertiary/aromatic N) is 1. The van der Waals surface area contributed by atoms with E-state index in [9.17, 15) is 14.9 Å². The highest BCUT2D eigenvalue weighted by Crippen LogP contribution is 2.27. The Balaban J connectivity index is 0.00000288. The van der Waals surface area contributed by atoms with E-state index in [2.05, 4.69) is 10.6 Å². The van der Waals surface area contributed by atoms with Crippen molar-refractivity contribution in [1.82, 2.24) is 10.6 Å². The molecule has 1 aromatic rings. The van der Waals surface area contributed by atoms with E-state index in [4.69, 9.17) is 9.47 Å². The fourth-order valence-electron chi connectivity index (χ4n) is 2.79. The average Bonchev–Trinajstić information content (AvgIpc) is 3.01. The summed E-state index contributed by atoms with van der Waals surface area (Å²) in [6.45, 7) is 1.83. The summed E-state index contributed by atoms with van der Waals surface area (Å²) in [6, 6.07) is 4.06. The Morgan fingerprint density at radius 1 is 1.46 bits per heavy atom. The highest BCUT2D eigenvalue weighted by atomic mass is 35.5. The lowest BCUT2D eigenvalue weighted by Gasteiger charge is -2.29. The molecule has 0 saturated carbocycles. The molecule has 1 fully saturated rings. The first-order valence-corrected chi connectivity index (χ1v) is 7.36. The van der Waals surface area contributed by atoms with Gasteiger partial charge in [-0.2, -0.15) is 0 Å². The summed E-state index contributed by atoms with van der Waals surface area (Å²) in [6.07, 6.45) is 1.95. The van der Waals surface area contributed by atoms with Crippen LogP contribution in [0.4, 0.5) is 5.69 Å². The number of hydrogen-bond donors (Lipinski definition) is 2. The van der Waals surface area contributed by atoms with Crippen LogP contribution < -0.4 is 15.4 Å². The van der Waals surface area contributed by atoms with Crippen molar-refractivity contribution in [2.24, 2.45) is 0 Å². The van der Waals surface area contributed by atoms with E-state index in [0.717, 1.165) is 19.4 Å². The Morgan fingerprint density at radius 2 is 2.21 bits per heavy atom. The third-order valence-corrected chi connectivity index (χ3v) is 3.98. The van der Waals surface area contributed by atoms with Gasteiger partial charge in [0.25, 0.3) is 5.91 Å². The van der Waals surface area contributed by atoms with Gasteiger partial charge >= 0.3 is 5.69 Å². The minimum absolute atomic E-state index is 0. The fraction of sp³-hybridized carbons (Fsp3) is 0.533. The Labute approximate surface area is 146 Å². The lowest BCUT2D eigenvalue weighted by Crippen LogP contribution is -2.53. The molecule has 9 heteroatoms. The summed E-state index contributed by atoms with van der Waals surface area (Å²) in [4.78, 5) is 22.6. The van der Waals surface area contributed by atoms with Gasteiger partial charge in [-0.1, -0.05) is 0 Å². The van der Waals surface area contributed by atoms with Gasteiger partial charge in [0.05, 0.1) is 24.2 Å². The predicted octanol–water partition coefficient (Wildman–Crippen LogP) is 1.52. The van der Waals surface area contributed by atoms with E-state index in [1.165, 1.54) is 25.3 Å². The van der Waals surface area contributed by atoms with Crippen LogP contribution in [0.1, 0.15) is 23.2 Å². The van der Waals surface area contributed by atoms with Crippen molar-refractivity contribution >= 4 is 24.0 Å². The Hall–Kier alpha value is -1.90. The molecular weight excluding hydrogens is 338 g/mol. The molecule has 1 aromatic carbocycles. The molecule has 1 aliphatic heterocycles. The molecule has 24 heavy (non-hydrogen) atoms. The van der Waals surface area contributed by atoms with Gasteiger partial charge in [0.15, 0.2) is 5.75 Å². The zero-order valence-electron chi connectivity index (χ0n) is 13.7. The van der Waals surface area contributed by atoms with E-state index in [1.807, 2.05) is 0 Å². The maximum absolute atomic E-state index is 12.3. The van der Waals surface area contributed by atoms with Gasteiger partial charge in [-0.3, -0.25) is 14.9 Å². The summed E-state index contributed by atoms with van der Waals surface area (Å²) >= 11 is 0. The van der Waals surface area contributed by atoms with Gasteiger partial charge in [0.1, 0.15) is 0 Å². The van der Waals surface area contributed by atoms with Crippen molar-refractivity contribution in [3.05, 3.63) is 33.9 Å². The second-order valence-corrected chi connectivity index (χ2v) is 5.57. The summed E-state index contributed by atoms with van der Waals surface area (Å²) in [5.41, 5.74) is -0.106. The molecule has 1 amide bonds. The number of methoxy groups -OCH3 is 2. The second-order valence-electron chi connectivity index (χ2n) is 5.57. The molecule has 8 nitrogen and oxygen atoms in total. The summed E-state index contributed by atoms with van der Waals surface area (Å²) in [5, 5.41) is 17.1. The molecule has 0 bridgehead atoms. The van der Waals surface area contributed by atoms with Crippen LogP contribution in [0.25, 0.3) is 0 Å². The number of benzene rings is 1. The van der Waals surface area contributed by atoms with Crippen molar-refractivity contribution < 1.29 is 19.2 Å². The van der Waals surface area contributed by atoms with E-state index in [-0.39, 0.29) is 35.3 Å². The van der Waals surface area contributed by atoms with E-state index >= 15 is 0 Å². The number of nitro benzene ring substituents is 1. The van der Waals surface area contributed by atoms with Crippen LogP contribution in [0.5, 0.6) is 5.75 Å². The summed E-state index contributed by atoms with van der Waals surface area (Å²) < 4.78 is 10.2. The number of nitrogens with one attached hydrogen (secondary N) is 2. The monoisotopic (exact) mass is 359 g/mol. The molecule has 1 atom stereocenters. The SMILES string of the molecule is COCC1(CNC(=O)c2ccc([N+](=O)[O-])c(OC)c2)CCCN1.Cl. The minimum Gasteiger partial charge on any atom is -0.490 e. The molecule has 0 aliphatic carbocycles. The largest absolute Gasteiger partial charge is 0.490 e.